The molecule has 4 aliphatic carbocycles. The number of rotatable bonds is 5. The number of carbonyl (C=O) groups is 1. The number of hydrogen-bond acceptors (Lipinski definition) is 2. The molecule has 0 amide bonds. The van der Waals surface area contributed by atoms with E-state index >= 15 is 0 Å². The van der Waals surface area contributed by atoms with Crippen LogP contribution in [0.25, 0.3) is 0 Å². The van der Waals surface area contributed by atoms with E-state index in [0.717, 1.165) is 38.5 Å². The summed E-state index contributed by atoms with van der Waals surface area (Å²) < 4.78 is 0. The zero-order valence-corrected chi connectivity index (χ0v) is 13.7. The Morgan fingerprint density at radius 3 is 2.14 bits per heavy atom. The Labute approximate surface area is 128 Å². The molecule has 3 nitrogen and oxygen atoms in total. The van der Waals surface area contributed by atoms with E-state index in [1.165, 1.54) is 6.42 Å². The Bertz CT molecular complexity index is 422. The number of aliphatic hydroxyl groups is 1. The first kappa shape index (κ1) is 15.3. The lowest BCUT2D eigenvalue weighted by Crippen LogP contribution is -2.64. The van der Waals surface area contributed by atoms with Crippen LogP contribution in [0.1, 0.15) is 72.1 Å². The largest absolute Gasteiger partial charge is 0.481 e. The maximum absolute atomic E-state index is 11.9. The highest BCUT2D eigenvalue weighted by Crippen LogP contribution is 2.69. The molecule has 0 aliphatic heterocycles. The second kappa shape index (κ2) is 4.71. The van der Waals surface area contributed by atoms with Gasteiger partial charge in [0.05, 0.1) is 11.0 Å². The van der Waals surface area contributed by atoms with Crippen LogP contribution in [-0.2, 0) is 4.79 Å². The highest BCUT2D eigenvalue weighted by Gasteiger charge is 2.66. The van der Waals surface area contributed by atoms with Crippen LogP contribution in [0.2, 0.25) is 0 Å². The number of hydrogen-bond donors (Lipinski definition) is 2. The highest BCUT2D eigenvalue weighted by atomic mass is 16.4. The van der Waals surface area contributed by atoms with Crippen molar-refractivity contribution in [3.05, 3.63) is 0 Å². The molecular weight excluding hydrogens is 264 g/mol. The van der Waals surface area contributed by atoms with Gasteiger partial charge < -0.3 is 10.2 Å². The number of carboxylic acid groups (broad SMARTS) is 1. The first-order chi connectivity index (χ1) is 9.78. The van der Waals surface area contributed by atoms with Crippen molar-refractivity contribution in [2.45, 2.75) is 77.7 Å². The van der Waals surface area contributed by atoms with Gasteiger partial charge in [0.25, 0.3) is 0 Å². The van der Waals surface area contributed by atoms with E-state index < -0.39 is 17.0 Å². The van der Waals surface area contributed by atoms with Gasteiger partial charge >= 0.3 is 5.97 Å². The lowest BCUT2D eigenvalue weighted by Gasteiger charge is -2.65. The monoisotopic (exact) mass is 294 g/mol. The van der Waals surface area contributed by atoms with E-state index in [0.29, 0.717) is 18.3 Å². The van der Waals surface area contributed by atoms with Crippen molar-refractivity contribution >= 4 is 5.97 Å². The molecule has 4 rings (SSSR count). The van der Waals surface area contributed by atoms with E-state index in [9.17, 15) is 15.0 Å². The molecule has 0 aromatic rings. The quantitative estimate of drug-likeness (QED) is 0.810. The Morgan fingerprint density at radius 1 is 1.19 bits per heavy atom. The average molecular weight is 294 g/mol. The molecule has 4 saturated carbocycles. The smallest absolute Gasteiger partial charge is 0.309 e. The number of carboxylic acids is 1. The molecule has 120 valence electrons. The maximum Gasteiger partial charge on any atom is 0.309 e. The minimum Gasteiger partial charge on any atom is -0.481 e. The number of aliphatic carboxylic acids is 1. The summed E-state index contributed by atoms with van der Waals surface area (Å²) in [5.74, 6) is 0.701. The molecule has 0 saturated heterocycles. The minimum atomic E-state index is -0.727. The third-order valence-electron chi connectivity index (χ3n) is 7.37. The molecule has 4 fully saturated rings. The predicted molar refractivity (Wildman–Crippen MR) is 81.9 cm³/mol. The van der Waals surface area contributed by atoms with Gasteiger partial charge in [0.2, 0.25) is 0 Å². The van der Waals surface area contributed by atoms with Crippen LogP contribution in [0.15, 0.2) is 0 Å². The van der Waals surface area contributed by atoms with Gasteiger partial charge in [-0.25, -0.2) is 0 Å². The molecule has 0 heterocycles. The van der Waals surface area contributed by atoms with Gasteiger partial charge in [-0.15, -0.1) is 0 Å². The molecule has 0 aromatic heterocycles. The summed E-state index contributed by atoms with van der Waals surface area (Å²) in [5.41, 5.74) is -1.43. The zero-order valence-electron chi connectivity index (χ0n) is 13.7. The molecule has 0 radical (unpaired) electrons. The van der Waals surface area contributed by atoms with Crippen LogP contribution in [0.5, 0.6) is 0 Å². The van der Waals surface area contributed by atoms with Gasteiger partial charge in [-0.1, -0.05) is 26.7 Å². The summed E-state index contributed by atoms with van der Waals surface area (Å²) in [6.07, 6.45) is 7.62. The molecule has 4 bridgehead atoms. The van der Waals surface area contributed by atoms with Crippen molar-refractivity contribution < 1.29 is 15.0 Å². The summed E-state index contributed by atoms with van der Waals surface area (Å²) in [7, 11) is 0. The van der Waals surface area contributed by atoms with Crippen LogP contribution >= 0.6 is 0 Å². The second-order valence-corrected chi connectivity index (χ2v) is 8.49. The molecule has 3 atom stereocenters. The highest BCUT2D eigenvalue weighted by molar-refractivity contribution is 5.75. The van der Waals surface area contributed by atoms with Crippen molar-refractivity contribution in [1.82, 2.24) is 0 Å². The van der Waals surface area contributed by atoms with Crippen molar-refractivity contribution in [2.24, 2.45) is 28.6 Å². The molecule has 4 aliphatic rings. The Morgan fingerprint density at radius 2 is 1.71 bits per heavy atom. The Balaban J connectivity index is 2.00. The van der Waals surface area contributed by atoms with Crippen LogP contribution < -0.4 is 0 Å². The van der Waals surface area contributed by atoms with Crippen molar-refractivity contribution in [3.63, 3.8) is 0 Å². The van der Waals surface area contributed by atoms with Gasteiger partial charge in [-0.05, 0) is 63.2 Å². The fourth-order valence-electron chi connectivity index (χ4n) is 6.62. The fourth-order valence-corrected chi connectivity index (χ4v) is 6.62. The van der Waals surface area contributed by atoms with Gasteiger partial charge in [-0.3, -0.25) is 4.79 Å². The van der Waals surface area contributed by atoms with E-state index in [4.69, 9.17) is 0 Å². The summed E-state index contributed by atoms with van der Waals surface area (Å²) >= 11 is 0. The van der Waals surface area contributed by atoms with Crippen LogP contribution in [0.3, 0.4) is 0 Å². The Hall–Kier alpha value is -0.570. The molecule has 21 heavy (non-hydrogen) atoms. The predicted octanol–water partition coefficient (Wildman–Crippen LogP) is 3.84. The summed E-state index contributed by atoms with van der Waals surface area (Å²) in [6, 6.07) is 0. The van der Waals surface area contributed by atoms with Crippen molar-refractivity contribution in [2.75, 3.05) is 0 Å². The Kier molecular flexibility index (Phi) is 3.44. The van der Waals surface area contributed by atoms with Gasteiger partial charge in [0, 0.05) is 5.41 Å². The maximum atomic E-state index is 11.9. The molecule has 3 unspecified atom stereocenters. The van der Waals surface area contributed by atoms with E-state index in [1.54, 1.807) is 0 Å². The fraction of sp³-hybridized carbons (Fsp3) is 0.944. The molecule has 0 spiro atoms. The lowest BCUT2D eigenvalue weighted by molar-refractivity contribution is -0.224. The standard InChI is InChI=1S/C18H30O3/c1-4-14(5-2)16(3,21)18-9-12-6-13(10-18)8-17(7-12,11-18)15(19)20/h12-14,21H,4-11H2,1-3H3,(H,19,20). The van der Waals surface area contributed by atoms with Crippen LogP contribution in [0, 0.1) is 28.6 Å². The first-order valence-corrected chi connectivity index (χ1v) is 8.74. The normalized spacial score (nSPS) is 44.0. The summed E-state index contributed by atoms with van der Waals surface area (Å²) in [4.78, 5) is 11.9. The average Bonchev–Trinajstić information content (AvgIpc) is 2.37. The molecule has 2 N–H and O–H groups in total. The van der Waals surface area contributed by atoms with Crippen LogP contribution in [0.4, 0.5) is 0 Å². The van der Waals surface area contributed by atoms with Gasteiger partial charge in [-0.2, -0.15) is 0 Å². The molecule has 0 aromatic carbocycles. The third kappa shape index (κ3) is 1.99. The van der Waals surface area contributed by atoms with E-state index in [-0.39, 0.29) is 11.3 Å². The van der Waals surface area contributed by atoms with Crippen molar-refractivity contribution in [3.8, 4) is 0 Å². The third-order valence-corrected chi connectivity index (χ3v) is 7.37. The zero-order chi connectivity index (χ0) is 15.5. The van der Waals surface area contributed by atoms with Crippen molar-refractivity contribution in [1.29, 1.82) is 0 Å². The summed E-state index contributed by atoms with van der Waals surface area (Å²) in [5, 5.41) is 21.3. The first-order valence-electron chi connectivity index (χ1n) is 8.74. The molecule has 3 heteroatoms. The second-order valence-electron chi connectivity index (χ2n) is 8.49. The van der Waals surface area contributed by atoms with Gasteiger partial charge in [0.1, 0.15) is 0 Å². The lowest BCUT2D eigenvalue weighted by atomic mass is 9.40. The van der Waals surface area contributed by atoms with Gasteiger partial charge in [0.15, 0.2) is 0 Å². The van der Waals surface area contributed by atoms with Crippen LogP contribution in [-0.4, -0.2) is 21.8 Å². The summed E-state index contributed by atoms with van der Waals surface area (Å²) in [6.45, 7) is 6.31. The molecular formula is C18H30O3. The SMILES string of the molecule is CCC(CC)C(C)(O)C12CC3CC(CC(C(=O)O)(C3)C1)C2. The van der Waals surface area contributed by atoms with E-state index in [2.05, 4.69) is 13.8 Å². The topological polar surface area (TPSA) is 57.5 Å². The minimum absolute atomic E-state index is 0.161. The van der Waals surface area contributed by atoms with E-state index in [1.807, 2.05) is 6.92 Å².